The Labute approximate surface area is 271 Å². The van der Waals surface area contributed by atoms with Crippen molar-refractivity contribution in [1.29, 1.82) is 0 Å². The number of unbranched alkanes of at least 4 members (excludes halogenated alkanes) is 1. The summed E-state index contributed by atoms with van der Waals surface area (Å²) in [6.45, 7) is 17.0. The molecule has 6 N–H and O–H groups in total. The van der Waals surface area contributed by atoms with E-state index in [-0.39, 0.29) is 17.5 Å². The van der Waals surface area contributed by atoms with Gasteiger partial charge in [0.05, 0.1) is 0 Å². The molecule has 5 unspecified atom stereocenters. The normalized spacial score (nSPS) is 34.5. The lowest BCUT2D eigenvalue weighted by Gasteiger charge is -2.58. The molecule has 0 saturated heterocycles. The molecule has 0 heterocycles. The number of rotatable bonds is 18. The van der Waals surface area contributed by atoms with Crippen molar-refractivity contribution in [3.63, 3.8) is 0 Å². The van der Waals surface area contributed by atoms with Gasteiger partial charge < -0.3 is 26.8 Å². The minimum atomic E-state index is -0.544. The van der Waals surface area contributed by atoms with E-state index in [1.807, 2.05) is 0 Å². The summed E-state index contributed by atoms with van der Waals surface area (Å²) in [6.07, 6.45) is 20.6. The lowest BCUT2D eigenvalue weighted by molar-refractivity contribution is -0.153. The predicted molar refractivity (Wildman–Crippen MR) is 184 cm³/mol. The second-order valence-electron chi connectivity index (χ2n) is 16.3. The first-order chi connectivity index (χ1) is 21.1. The molecule has 4 aliphatic rings. The molecule has 44 heavy (non-hydrogen) atoms. The number of nitrogens with two attached hydrogens (primary N) is 2. The molecule has 0 aromatic rings. The summed E-state index contributed by atoms with van der Waals surface area (Å²) in [5, 5.41) is 6.85. The summed E-state index contributed by atoms with van der Waals surface area (Å²) in [5.41, 5.74) is 14.2. The Balaban J connectivity index is 1.21. The highest BCUT2D eigenvalue weighted by Gasteiger charge is 2.59. The van der Waals surface area contributed by atoms with Gasteiger partial charge in [-0.2, -0.15) is 0 Å². The Hall–Kier alpha value is -0.950. The van der Waals surface area contributed by atoms with Crippen LogP contribution in [0.25, 0.3) is 0 Å². The van der Waals surface area contributed by atoms with Crippen molar-refractivity contribution < 1.29 is 9.53 Å². The molecule has 3 fully saturated rings. The third kappa shape index (κ3) is 8.69. The molecule has 0 aromatic carbocycles. The van der Waals surface area contributed by atoms with E-state index >= 15 is 0 Å². The molecule has 0 aliphatic heterocycles. The van der Waals surface area contributed by atoms with Crippen LogP contribution < -0.4 is 22.1 Å². The van der Waals surface area contributed by atoms with Crippen LogP contribution in [-0.4, -0.2) is 50.8 Å². The maximum Gasteiger partial charge on any atom is 0.323 e. The van der Waals surface area contributed by atoms with Crippen LogP contribution >= 0.6 is 0 Å². The number of fused-ring (bicyclic) bond motifs is 5. The van der Waals surface area contributed by atoms with E-state index in [4.69, 9.17) is 16.2 Å². The van der Waals surface area contributed by atoms with Crippen molar-refractivity contribution in [2.24, 2.45) is 57.8 Å². The zero-order valence-electron chi connectivity index (χ0n) is 29.3. The monoisotopic (exact) mass is 615 g/mol. The molecule has 3 saturated carbocycles. The molecule has 0 amide bonds. The van der Waals surface area contributed by atoms with Crippen molar-refractivity contribution in [2.45, 2.75) is 143 Å². The lowest BCUT2D eigenvalue weighted by Crippen LogP contribution is -2.51. The van der Waals surface area contributed by atoms with Gasteiger partial charge in [0.1, 0.15) is 12.1 Å². The zero-order chi connectivity index (χ0) is 31.7. The zero-order valence-corrected chi connectivity index (χ0v) is 29.3. The van der Waals surface area contributed by atoms with Gasteiger partial charge in [-0.15, -0.1) is 0 Å². The number of esters is 1. The Morgan fingerprint density at radius 3 is 2.36 bits per heavy atom. The van der Waals surface area contributed by atoms with Crippen molar-refractivity contribution in [3.05, 3.63) is 11.6 Å². The lowest BCUT2D eigenvalue weighted by atomic mass is 9.47. The van der Waals surface area contributed by atoms with E-state index in [0.717, 1.165) is 107 Å². The van der Waals surface area contributed by atoms with Gasteiger partial charge in [-0.3, -0.25) is 4.79 Å². The average Bonchev–Trinajstić information content (AvgIpc) is 3.35. The first kappa shape index (κ1) is 35.9. The molecule has 6 nitrogen and oxygen atoms in total. The molecular weight excluding hydrogens is 544 g/mol. The first-order valence-corrected chi connectivity index (χ1v) is 18.9. The summed E-state index contributed by atoms with van der Waals surface area (Å²) < 4.78 is 6.05. The molecule has 4 aliphatic carbocycles. The quantitative estimate of drug-likeness (QED) is 0.0756. The number of ether oxygens (including phenoxy) is 1. The maximum atomic E-state index is 12.9. The van der Waals surface area contributed by atoms with Crippen LogP contribution in [0.15, 0.2) is 11.6 Å². The molecule has 254 valence electrons. The van der Waals surface area contributed by atoms with E-state index in [2.05, 4.69) is 51.3 Å². The van der Waals surface area contributed by atoms with Crippen LogP contribution in [0, 0.1) is 46.3 Å². The topological polar surface area (TPSA) is 102 Å². The first-order valence-electron chi connectivity index (χ1n) is 18.9. The van der Waals surface area contributed by atoms with Gasteiger partial charge in [0, 0.05) is 6.42 Å². The maximum absolute atomic E-state index is 12.9. The second kappa shape index (κ2) is 16.7. The number of allylic oxidation sites excluding steroid dienone is 1. The highest BCUT2D eigenvalue weighted by molar-refractivity contribution is 5.75. The third-order valence-corrected chi connectivity index (χ3v) is 13.0. The van der Waals surface area contributed by atoms with Gasteiger partial charge in [-0.05, 0) is 150 Å². The fourth-order valence-corrected chi connectivity index (χ4v) is 10.4. The largest absolute Gasteiger partial charge is 0.461 e. The molecule has 6 heteroatoms. The number of hydrogen-bond acceptors (Lipinski definition) is 6. The molecule has 0 aromatic heterocycles. The number of hydrogen-bond donors (Lipinski definition) is 4. The number of nitrogens with one attached hydrogen (secondary N) is 2. The number of carbonyl (C=O) groups excluding carboxylic acids is 1. The third-order valence-electron chi connectivity index (χ3n) is 13.0. The average molecular weight is 615 g/mol. The smallest absolute Gasteiger partial charge is 0.323 e. The van der Waals surface area contributed by atoms with E-state index in [1.54, 1.807) is 5.57 Å². The van der Waals surface area contributed by atoms with Crippen molar-refractivity contribution in [2.75, 3.05) is 32.7 Å². The van der Waals surface area contributed by atoms with Crippen LogP contribution in [0.3, 0.4) is 0 Å². The van der Waals surface area contributed by atoms with E-state index in [1.165, 1.54) is 51.4 Å². The van der Waals surface area contributed by atoms with E-state index in [0.29, 0.717) is 11.8 Å². The van der Waals surface area contributed by atoms with Gasteiger partial charge >= 0.3 is 5.97 Å². The van der Waals surface area contributed by atoms with Crippen molar-refractivity contribution >= 4 is 5.97 Å². The standard InChI is InChI=1S/C38H70N4O2/c1-27(2)10-8-11-28(3)32-14-15-33-31-13-12-29-26-30(16-19-37(29,4)34(31)17-20-38(32,33)5)44-36(43)35(40)18-25-42-23-7-6-22-41-24-9-21-39/h12,27-28,30-35,41-42H,6-11,13-26,39-40H2,1-5H3/t28-,30?,31?,32-,33?,34?,35?,37+,38-/m1/s1. The van der Waals surface area contributed by atoms with Crippen LogP contribution in [0.4, 0.5) is 0 Å². The molecule has 0 radical (unpaired) electrons. The molecule has 0 spiro atoms. The Kier molecular flexibility index (Phi) is 13.7. The Bertz CT molecular complexity index is 923. The minimum Gasteiger partial charge on any atom is -0.461 e. The van der Waals surface area contributed by atoms with Crippen LogP contribution in [0.5, 0.6) is 0 Å². The molecule has 9 atom stereocenters. The van der Waals surface area contributed by atoms with Crippen molar-refractivity contribution in [1.82, 2.24) is 10.6 Å². The Morgan fingerprint density at radius 1 is 0.909 bits per heavy atom. The Morgan fingerprint density at radius 2 is 1.64 bits per heavy atom. The highest BCUT2D eigenvalue weighted by Crippen LogP contribution is 2.67. The van der Waals surface area contributed by atoms with Crippen LogP contribution in [-0.2, 0) is 9.53 Å². The molecular formula is C38H70N4O2. The van der Waals surface area contributed by atoms with Gasteiger partial charge in [0.15, 0.2) is 0 Å². The highest BCUT2D eigenvalue weighted by atomic mass is 16.5. The van der Waals surface area contributed by atoms with Crippen LogP contribution in [0.2, 0.25) is 0 Å². The summed E-state index contributed by atoms with van der Waals surface area (Å²) >= 11 is 0. The second-order valence-corrected chi connectivity index (χ2v) is 16.3. The molecule has 0 bridgehead atoms. The molecule has 4 rings (SSSR count). The summed E-state index contributed by atoms with van der Waals surface area (Å²) in [4.78, 5) is 12.9. The van der Waals surface area contributed by atoms with Gasteiger partial charge in [0.2, 0.25) is 0 Å². The van der Waals surface area contributed by atoms with Gasteiger partial charge in [0.25, 0.3) is 0 Å². The minimum absolute atomic E-state index is 0.0134. The summed E-state index contributed by atoms with van der Waals surface area (Å²) in [6, 6.07) is -0.544. The fraction of sp³-hybridized carbons (Fsp3) is 0.921. The SMILES string of the molecule is CC(C)CCC[C@@H](C)[C@H]1CCC2C3CC=C4CC(OC(=O)C(N)CCNCCCCNCCCN)CC[C@]4(C)C3CC[C@@]21C. The van der Waals surface area contributed by atoms with Gasteiger partial charge in [-0.25, -0.2) is 0 Å². The number of carbonyl (C=O) groups is 1. The van der Waals surface area contributed by atoms with E-state index in [9.17, 15) is 4.79 Å². The van der Waals surface area contributed by atoms with E-state index < -0.39 is 6.04 Å². The fourth-order valence-electron chi connectivity index (χ4n) is 10.4. The predicted octanol–water partition coefficient (Wildman–Crippen LogP) is 6.97. The summed E-state index contributed by atoms with van der Waals surface area (Å²) in [5.74, 6) is 4.89. The van der Waals surface area contributed by atoms with Crippen molar-refractivity contribution in [3.8, 4) is 0 Å². The summed E-state index contributed by atoms with van der Waals surface area (Å²) in [7, 11) is 0. The van der Waals surface area contributed by atoms with Gasteiger partial charge in [-0.1, -0.05) is 65.5 Å². The van der Waals surface area contributed by atoms with Crippen LogP contribution in [0.1, 0.15) is 131 Å².